The average molecular weight is 487 g/mol. The second-order valence-corrected chi connectivity index (χ2v) is 11.0. The van der Waals surface area contributed by atoms with Crippen LogP contribution in [0, 0.1) is 19.8 Å². The quantitative estimate of drug-likeness (QED) is 0.624. The molecule has 9 heteroatoms. The van der Waals surface area contributed by atoms with Crippen LogP contribution in [0.4, 0.5) is 0 Å². The smallest absolute Gasteiger partial charge is 0.248 e. The molecule has 0 saturated carbocycles. The Morgan fingerprint density at radius 2 is 1.68 bits per heavy atom. The summed E-state index contributed by atoms with van der Waals surface area (Å²) in [6.45, 7) is 10.7. The summed E-state index contributed by atoms with van der Waals surface area (Å²) in [7, 11) is -3.78. The first-order valence-corrected chi connectivity index (χ1v) is 13.5. The molecule has 3 heterocycles. The van der Waals surface area contributed by atoms with E-state index in [-0.39, 0.29) is 22.5 Å². The third kappa shape index (κ3) is 5.26. The Balaban J connectivity index is 1.42. The van der Waals surface area contributed by atoms with Crippen molar-refractivity contribution in [3.05, 3.63) is 46.8 Å². The number of piperidine rings is 1. The Morgan fingerprint density at radius 1 is 1.03 bits per heavy atom. The van der Waals surface area contributed by atoms with Crippen LogP contribution in [0.2, 0.25) is 0 Å². The fourth-order valence-electron chi connectivity index (χ4n) is 4.66. The number of sulfonamides is 1. The number of rotatable bonds is 6. The summed E-state index contributed by atoms with van der Waals surface area (Å²) in [4.78, 5) is 17.4. The van der Waals surface area contributed by atoms with Crippen molar-refractivity contribution >= 4 is 28.1 Å². The molecule has 2 aliphatic rings. The molecule has 0 aliphatic carbocycles. The van der Waals surface area contributed by atoms with E-state index in [0.717, 1.165) is 43.9 Å². The molecule has 1 aromatic carbocycles. The lowest BCUT2D eigenvalue weighted by Gasteiger charge is -2.38. The molecule has 0 spiro atoms. The average Bonchev–Trinajstić information content (AvgIpc) is 3.24. The molecule has 0 bridgehead atoms. The van der Waals surface area contributed by atoms with E-state index in [4.69, 9.17) is 4.52 Å². The van der Waals surface area contributed by atoms with Crippen LogP contribution in [-0.2, 0) is 14.8 Å². The molecule has 34 heavy (non-hydrogen) atoms. The van der Waals surface area contributed by atoms with Crippen LogP contribution in [0.1, 0.15) is 42.3 Å². The first kappa shape index (κ1) is 24.6. The van der Waals surface area contributed by atoms with Crippen LogP contribution in [0.25, 0.3) is 12.2 Å². The normalized spacial score (nSPS) is 19.2. The van der Waals surface area contributed by atoms with Crippen molar-refractivity contribution < 1.29 is 17.7 Å². The Bertz CT molecular complexity index is 1120. The van der Waals surface area contributed by atoms with Gasteiger partial charge in [-0.2, -0.15) is 4.31 Å². The van der Waals surface area contributed by atoms with Gasteiger partial charge >= 0.3 is 0 Å². The van der Waals surface area contributed by atoms with Crippen LogP contribution < -0.4 is 0 Å². The summed E-state index contributed by atoms with van der Waals surface area (Å²) in [6.07, 6.45) is 4.54. The number of carbonyl (C=O) groups excluding carboxylic acids is 1. The van der Waals surface area contributed by atoms with Crippen LogP contribution in [-0.4, -0.2) is 79.4 Å². The molecule has 0 unspecified atom stereocenters. The fraction of sp³-hybridized carbons (Fsp3) is 0.520. The van der Waals surface area contributed by atoms with E-state index in [0.29, 0.717) is 31.6 Å². The van der Waals surface area contributed by atoms with E-state index in [1.54, 1.807) is 13.0 Å². The highest BCUT2D eigenvalue weighted by atomic mass is 32.2. The molecular weight excluding hydrogens is 452 g/mol. The summed E-state index contributed by atoms with van der Waals surface area (Å²) in [5, 5.41) is 3.92. The van der Waals surface area contributed by atoms with Crippen molar-refractivity contribution in [1.29, 1.82) is 0 Å². The monoisotopic (exact) mass is 486 g/mol. The summed E-state index contributed by atoms with van der Waals surface area (Å²) in [5.74, 6) is 0.268. The number of amides is 1. The maximum atomic E-state index is 13.5. The lowest BCUT2D eigenvalue weighted by atomic mass is 9.96. The van der Waals surface area contributed by atoms with Gasteiger partial charge in [0, 0.05) is 45.2 Å². The van der Waals surface area contributed by atoms with E-state index in [1.807, 2.05) is 42.2 Å². The van der Waals surface area contributed by atoms with Crippen molar-refractivity contribution in [3.63, 3.8) is 0 Å². The number of hydrogen-bond acceptors (Lipinski definition) is 6. The second kappa shape index (κ2) is 10.4. The Kier molecular flexibility index (Phi) is 7.54. The summed E-state index contributed by atoms with van der Waals surface area (Å²) >= 11 is 0. The van der Waals surface area contributed by atoms with Gasteiger partial charge in [0.15, 0.2) is 10.7 Å². The summed E-state index contributed by atoms with van der Waals surface area (Å²) < 4.78 is 33.8. The number of aromatic nitrogens is 1. The lowest BCUT2D eigenvalue weighted by Crippen LogP contribution is -2.51. The molecule has 2 fully saturated rings. The maximum Gasteiger partial charge on any atom is 0.248 e. The zero-order chi connectivity index (χ0) is 24.3. The first-order chi connectivity index (χ1) is 16.3. The van der Waals surface area contributed by atoms with E-state index >= 15 is 0 Å². The Labute approximate surface area is 202 Å². The molecule has 1 aromatic heterocycles. The van der Waals surface area contributed by atoms with Crippen molar-refractivity contribution in [2.75, 3.05) is 45.8 Å². The Hall–Kier alpha value is -2.49. The molecule has 1 amide bonds. The summed E-state index contributed by atoms with van der Waals surface area (Å²) in [5.41, 5.74) is 2.44. The van der Waals surface area contributed by atoms with E-state index in [2.05, 4.69) is 17.0 Å². The molecule has 4 rings (SSSR count). The number of hydrogen-bond donors (Lipinski definition) is 0. The Morgan fingerprint density at radius 3 is 2.29 bits per heavy atom. The number of nitrogens with zero attached hydrogens (tertiary/aromatic N) is 4. The van der Waals surface area contributed by atoms with Crippen molar-refractivity contribution in [2.45, 2.75) is 38.5 Å². The zero-order valence-electron chi connectivity index (χ0n) is 20.2. The number of likely N-dealkylation sites (N-methyl/N-ethyl adjacent to an activating group) is 1. The minimum Gasteiger partial charge on any atom is -0.355 e. The van der Waals surface area contributed by atoms with E-state index in [1.165, 1.54) is 4.31 Å². The SMILES string of the molecule is CCN1CCN(C(=O)C2CCN(S(=O)(=O)c3c(C)noc3/C=C/c3ccc(C)cc3)CC2)CC1. The molecular formula is C25H34N4O4S. The third-order valence-corrected chi connectivity index (χ3v) is 8.93. The van der Waals surface area contributed by atoms with E-state index in [9.17, 15) is 13.2 Å². The predicted molar refractivity (Wildman–Crippen MR) is 132 cm³/mol. The minimum absolute atomic E-state index is 0.108. The number of benzene rings is 1. The molecule has 0 atom stereocenters. The van der Waals surface area contributed by atoms with Gasteiger partial charge in [-0.05, 0) is 44.9 Å². The standard InChI is InChI=1S/C25H34N4O4S/c1-4-27-15-17-28(18-16-27)25(30)22-11-13-29(14-12-22)34(31,32)24-20(3)26-33-23(24)10-9-21-7-5-19(2)6-8-21/h5-10,22H,4,11-18H2,1-3H3/b10-9+. The molecule has 2 aromatic rings. The van der Waals surface area contributed by atoms with Gasteiger partial charge in [0.1, 0.15) is 5.69 Å². The molecule has 0 radical (unpaired) electrons. The van der Waals surface area contributed by atoms with Crippen molar-refractivity contribution in [3.8, 4) is 0 Å². The van der Waals surface area contributed by atoms with Crippen LogP contribution in [0.3, 0.4) is 0 Å². The molecule has 2 saturated heterocycles. The van der Waals surface area contributed by atoms with Gasteiger partial charge in [-0.1, -0.05) is 48.0 Å². The van der Waals surface area contributed by atoms with E-state index < -0.39 is 10.0 Å². The molecule has 8 nitrogen and oxygen atoms in total. The number of aryl methyl sites for hydroxylation is 2. The number of carbonyl (C=O) groups is 1. The van der Waals surface area contributed by atoms with Gasteiger partial charge in [-0.3, -0.25) is 4.79 Å². The van der Waals surface area contributed by atoms with Gasteiger partial charge < -0.3 is 14.3 Å². The number of piperazine rings is 1. The van der Waals surface area contributed by atoms with Crippen molar-refractivity contribution in [2.24, 2.45) is 5.92 Å². The fourth-order valence-corrected chi connectivity index (χ4v) is 6.38. The second-order valence-electron chi connectivity index (χ2n) is 9.14. The van der Waals surface area contributed by atoms with Gasteiger partial charge in [-0.15, -0.1) is 0 Å². The largest absolute Gasteiger partial charge is 0.355 e. The topological polar surface area (TPSA) is 87.0 Å². The van der Waals surface area contributed by atoms with Crippen LogP contribution >= 0.6 is 0 Å². The van der Waals surface area contributed by atoms with Gasteiger partial charge in [0.2, 0.25) is 15.9 Å². The maximum absolute atomic E-state index is 13.5. The van der Waals surface area contributed by atoms with Gasteiger partial charge in [0.05, 0.1) is 0 Å². The molecule has 0 N–H and O–H groups in total. The van der Waals surface area contributed by atoms with Crippen LogP contribution in [0.5, 0.6) is 0 Å². The highest BCUT2D eigenvalue weighted by molar-refractivity contribution is 7.89. The third-order valence-electron chi connectivity index (χ3n) is 6.87. The van der Waals surface area contributed by atoms with Crippen molar-refractivity contribution in [1.82, 2.24) is 19.3 Å². The lowest BCUT2D eigenvalue weighted by molar-refractivity contribution is -0.138. The van der Waals surface area contributed by atoms with Crippen LogP contribution in [0.15, 0.2) is 33.7 Å². The summed E-state index contributed by atoms with van der Waals surface area (Å²) in [6, 6.07) is 7.93. The zero-order valence-corrected chi connectivity index (χ0v) is 21.1. The van der Waals surface area contributed by atoms with Gasteiger partial charge in [0.25, 0.3) is 0 Å². The highest BCUT2D eigenvalue weighted by Crippen LogP contribution is 2.30. The minimum atomic E-state index is -3.78. The van der Waals surface area contributed by atoms with Gasteiger partial charge in [-0.25, -0.2) is 8.42 Å². The molecule has 2 aliphatic heterocycles. The predicted octanol–water partition coefficient (Wildman–Crippen LogP) is 3.03. The molecule has 184 valence electrons. The highest BCUT2D eigenvalue weighted by Gasteiger charge is 2.37. The first-order valence-electron chi connectivity index (χ1n) is 12.0.